The number of carbonyl (C=O) groups excluding carboxylic acids is 2. The predicted molar refractivity (Wildman–Crippen MR) is 140 cm³/mol. The van der Waals surface area contributed by atoms with Crippen molar-refractivity contribution in [3.8, 4) is 6.07 Å². The molecule has 1 atom stereocenters. The van der Waals surface area contributed by atoms with Crippen LogP contribution in [0.4, 0.5) is 0 Å². The maximum Gasteiger partial charge on any atom is 0.337 e. The summed E-state index contributed by atoms with van der Waals surface area (Å²) in [6.45, 7) is 7.00. The number of nitrogens with zero attached hydrogens (tertiary/aromatic N) is 2. The molecule has 8 heteroatoms. The number of hydrogen-bond acceptors (Lipinski definition) is 6. The highest BCUT2D eigenvalue weighted by molar-refractivity contribution is 8.03. The summed E-state index contributed by atoms with van der Waals surface area (Å²) in [5.41, 5.74) is 2.54. The van der Waals surface area contributed by atoms with Crippen molar-refractivity contribution in [2.45, 2.75) is 26.7 Å². The Labute approximate surface area is 215 Å². The maximum atomic E-state index is 13.3. The number of rotatable bonds is 9. The summed E-state index contributed by atoms with van der Waals surface area (Å²) in [4.78, 5) is 27.8. The minimum atomic E-state index is -0.754. The molecule has 0 fully saturated rings. The Morgan fingerprint density at radius 2 is 1.74 bits per heavy atom. The zero-order chi connectivity index (χ0) is 25.4. The average Bonchev–Trinajstić information content (AvgIpc) is 2.88. The highest BCUT2D eigenvalue weighted by Gasteiger charge is 2.38. The van der Waals surface area contributed by atoms with Crippen molar-refractivity contribution in [3.63, 3.8) is 0 Å². The Kier molecular flexibility index (Phi) is 9.41. The summed E-state index contributed by atoms with van der Waals surface area (Å²) >= 11 is 7.83. The van der Waals surface area contributed by atoms with Crippen LogP contribution in [0.3, 0.4) is 0 Å². The first kappa shape index (κ1) is 26.4. The van der Waals surface area contributed by atoms with Crippen LogP contribution in [0.2, 0.25) is 5.02 Å². The van der Waals surface area contributed by atoms with E-state index in [0.717, 1.165) is 5.56 Å². The molecule has 0 unspecified atom stereocenters. The van der Waals surface area contributed by atoms with Gasteiger partial charge in [0.1, 0.15) is 0 Å². The second kappa shape index (κ2) is 12.5. The Hall–Kier alpha value is -3.21. The van der Waals surface area contributed by atoms with Crippen LogP contribution in [-0.2, 0) is 14.3 Å². The molecule has 0 bridgehead atoms. The topological polar surface area (TPSA) is 82.4 Å². The van der Waals surface area contributed by atoms with E-state index in [-0.39, 0.29) is 18.3 Å². The lowest BCUT2D eigenvalue weighted by atomic mass is 9.81. The molecular weight excluding hydrogens is 482 g/mol. The number of ether oxygens (including phenoxy) is 1. The molecule has 35 heavy (non-hydrogen) atoms. The minimum absolute atomic E-state index is 0.0256. The molecule has 1 aliphatic heterocycles. The Morgan fingerprint density at radius 1 is 1.09 bits per heavy atom. The number of dihydropyridines is 1. The van der Waals surface area contributed by atoms with Crippen LogP contribution in [0, 0.1) is 11.3 Å². The first-order chi connectivity index (χ1) is 17.0. The summed E-state index contributed by atoms with van der Waals surface area (Å²) in [5.74, 6) is -1.15. The van der Waals surface area contributed by atoms with Crippen LogP contribution in [0.25, 0.3) is 5.70 Å². The summed E-state index contributed by atoms with van der Waals surface area (Å²) in [7, 11) is 0. The third-order valence-corrected chi connectivity index (χ3v) is 7.03. The quantitative estimate of drug-likeness (QED) is 0.459. The van der Waals surface area contributed by atoms with Gasteiger partial charge in [0.05, 0.1) is 46.2 Å². The van der Waals surface area contributed by atoms with Gasteiger partial charge >= 0.3 is 5.97 Å². The molecule has 0 radical (unpaired) electrons. The summed E-state index contributed by atoms with van der Waals surface area (Å²) < 4.78 is 5.43. The molecule has 1 aliphatic rings. The maximum absolute atomic E-state index is 13.3. The summed E-state index contributed by atoms with van der Waals surface area (Å²) in [6.07, 6.45) is 0. The van der Waals surface area contributed by atoms with Crippen LogP contribution in [0.1, 0.15) is 37.8 Å². The number of benzene rings is 2. The number of carbonyl (C=O) groups is 2. The first-order valence-electron chi connectivity index (χ1n) is 11.5. The summed E-state index contributed by atoms with van der Waals surface area (Å²) in [6, 6.07) is 18.8. The van der Waals surface area contributed by atoms with Gasteiger partial charge in [-0.05, 0) is 38.0 Å². The number of hydrogen-bond donors (Lipinski definition) is 1. The van der Waals surface area contributed by atoms with Gasteiger partial charge in [-0.1, -0.05) is 71.9 Å². The fourth-order valence-electron chi connectivity index (χ4n) is 3.98. The zero-order valence-electron chi connectivity index (χ0n) is 20.0. The second-order valence-electron chi connectivity index (χ2n) is 7.66. The van der Waals surface area contributed by atoms with E-state index in [0.29, 0.717) is 45.5 Å². The molecular formula is C27H28ClN3O3S. The second-order valence-corrected chi connectivity index (χ2v) is 9.06. The van der Waals surface area contributed by atoms with Crippen molar-refractivity contribution in [1.82, 2.24) is 10.2 Å². The van der Waals surface area contributed by atoms with Gasteiger partial charge in [0.2, 0.25) is 5.91 Å². The van der Waals surface area contributed by atoms with Crippen molar-refractivity contribution in [1.29, 1.82) is 5.26 Å². The summed E-state index contributed by atoms with van der Waals surface area (Å²) in [5, 5.41) is 14.5. The van der Waals surface area contributed by atoms with Gasteiger partial charge in [-0.3, -0.25) is 4.79 Å². The van der Waals surface area contributed by atoms with Crippen LogP contribution in [0.15, 0.2) is 70.8 Å². The molecule has 0 saturated heterocycles. The van der Waals surface area contributed by atoms with Crippen LogP contribution < -0.4 is 5.32 Å². The average molecular weight is 510 g/mol. The molecule has 1 amide bonds. The van der Waals surface area contributed by atoms with Gasteiger partial charge in [0, 0.05) is 18.1 Å². The standard InChI is InChI=1S/C27H28ClN3O3S/c1-4-31(5-2)22(32)17-35-26-20(16-29)23(19-14-10-11-15-21(19)28)24(27(33)34-6-3)25(30-26)18-12-8-7-9-13-18/h7-15,23,30H,4-6,17H2,1-3H3/t23-/m0/s1. The van der Waals surface area contributed by atoms with Gasteiger partial charge in [-0.2, -0.15) is 5.26 Å². The number of esters is 1. The molecule has 182 valence electrons. The number of thioether (sulfide) groups is 1. The highest BCUT2D eigenvalue weighted by Crippen LogP contribution is 2.45. The molecule has 0 aromatic heterocycles. The lowest BCUT2D eigenvalue weighted by Gasteiger charge is -2.31. The SMILES string of the molecule is CCOC(=O)C1=C(c2ccccc2)NC(SCC(=O)N(CC)CC)=C(C#N)[C@@H]1c1ccccc1Cl. The molecule has 1 heterocycles. The fourth-order valence-corrected chi connectivity index (χ4v) is 5.17. The lowest BCUT2D eigenvalue weighted by molar-refractivity contribution is -0.138. The molecule has 2 aromatic rings. The van der Waals surface area contributed by atoms with Crippen molar-refractivity contribution in [2.75, 3.05) is 25.4 Å². The van der Waals surface area contributed by atoms with Gasteiger partial charge in [0.15, 0.2) is 0 Å². The highest BCUT2D eigenvalue weighted by atomic mass is 35.5. The smallest absolute Gasteiger partial charge is 0.337 e. The van der Waals surface area contributed by atoms with E-state index in [1.165, 1.54) is 11.8 Å². The molecule has 6 nitrogen and oxygen atoms in total. The van der Waals surface area contributed by atoms with Gasteiger partial charge in [-0.25, -0.2) is 4.79 Å². The number of nitrogens with one attached hydrogen (secondary N) is 1. The van der Waals surface area contributed by atoms with Gasteiger partial charge in [0.25, 0.3) is 0 Å². The third-order valence-electron chi connectivity index (χ3n) is 5.68. The Morgan fingerprint density at radius 3 is 2.34 bits per heavy atom. The monoisotopic (exact) mass is 509 g/mol. The molecule has 0 aliphatic carbocycles. The minimum Gasteiger partial charge on any atom is -0.463 e. The molecule has 2 aromatic carbocycles. The zero-order valence-corrected chi connectivity index (χ0v) is 21.6. The predicted octanol–water partition coefficient (Wildman–Crippen LogP) is 5.34. The van der Waals surface area contributed by atoms with E-state index in [2.05, 4.69) is 11.4 Å². The van der Waals surface area contributed by atoms with E-state index < -0.39 is 11.9 Å². The normalized spacial score (nSPS) is 15.3. The number of nitriles is 1. The largest absolute Gasteiger partial charge is 0.463 e. The van der Waals surface area contributed by atoms with Gasteiger partial charge in [-0.15, -0.1) is 0 Å². The van der Waals surface area contributed by atoms with Crippen molar-refractivity contribution in [2.24, 2.45) is 0 Å². The van der Waals surface area contributed by atoms with E-state index >= 15 is 0 Å². The third kappa shape index (κ3) is 5.90. The number of allylic oxidation sites excluding steroid dienone is 1. The Balaban J connectivity index is 2.20. The van der Waals surface area contributed by atoms with Crippen molar-refractivity contribution < 1.29 is 14.3 Å². The van der Waals surface area contributed by atoms with Gasteiger partial charge < -0.3 is 15.0 Å². The lowest BCUT2D eigenvalue weighted by Crippen LogP contribution is -2.33. The van der Waals surface area contributed by atoms with Crippen LogP contribution in [0.5, 0.6) is 0 Å². The van der Waals surface area contributed by atoms with Crippen molar-refractivity contribution in [3.05, 3.63) is 86.9 Å². The molecule has 0 spiro atoms. The van der Waals surface area contributed by atoms with E-state index in [1.54, 1.807) is 30.0 Å². The van der Waals surface area contributed by atoms with Crippen LogP contribution in [-0.4, -0.2) is 42.2 Å². The Bertz CT molecular complexity index is 1180. The molecule has 0 saturated carbocycles. The van der Waals surface area contributed by atoms with Crippen molar-refractivity contribution >= 4 is 40.9 Å². The first-order valence-corrected chi connectivity index (χ1v) is 12.9. The number of amides is 1. The van der Waals surface area contributed by atoms with Crippen LogP contribution >= 0.6 is 23.4 Å². The molecule has 1 N–H and O–H groups in total. The number of halogens is 1. The van der Waals surface area contributed by atoms with E-state index in [1.807, 2.05) is 50.2 Å². The van der Waals surface area contributed by atoms with E-state index in [4.69, 9.17) is 16.3 Å². The molecule has 3 rings (SSSR count). The van der Waals surface area contributed by atoms with E-state index in [9.17, 15) is 14.9 Å². The fraction of sp³-hybridized carbons (Fsp3) is 0.296.